The fourth-order valence-electron chi connectivity index (χ4n) is 1.64. The number of anilines is 1. The first-order chi connectivity index (χ1) is 9.74. The summed E-state index contributed by atoms with van der Waals surface area (Å²) >= 11 is 0. The maximum absolute atomic E-state index is 11.6. The van der Waals surface area contributed by atoms with Crippen molar-refractivity contribution in [1.82, 2.24) is 0 Å². The number of hydrogen-bond donors (Lipinski definition) is 1. The molecule has 0 spiro atoms. The van der Waals surface area contributed by atoms with E-state index in [1.807, 2.05) is 36.4 Å². The maximum Gasteiger partial charge on any atom is 0.231 e. The number of rotatable bonds is 6. The normalized spacial score (nSPS) is 9.80. The van der Waals surface area contributed by atoms with Crippen molar-refractivity contribution in [2.24, 2.45) is 0 Å². The molecule has 0 aliphatic carbocycles. The second kappa shape index (κ2) is 7.09. The lowest BCUT2D eigenvalue weighted by Gasteiger charge is -2.06. The molecule has 2 aromatic carbocycles. The predicted octanol–water partition coefficient (Wildman–Crippen LogP) is 2.66. The number of carbonyl (C=O) groups is 2. The van der Waals surface area contributed by atoms with Crippen LogP contribution >= 0.6 is 0 Å². The van der Waals surface area contributed by atoms with Gasteiger partial charge in [0.2, 0.25) is 5.91 Å². The van der Waals surface area contributed by atoms with Crippen LogP contribution in [0.4, 0.5) is 5.69 Å². The molecule has 4 nitrogen and oxygen atoms in total. The Morgan fingerprint density at radius 2 is 1.50 bits per heavy atom. The van der Waals surface area contributed by atoms with Crippen LogP contribution in [0.2, 0.25) is 0 Å². The van der Waals surface area contributed by atoms with Gasteiger partial charge >= 0.3 is 0 Å². The van der Waals surface area contributed by atoms with Crippen LogP contribution in [-0.4, -0.2) is 18.3 Å². The minimum atomic E-state index is -0.335. The van der Waals surface area contributed by atoms with E-state index in [2.05, 4.69) is 5.32 Å². The Hall–Kier alpha value is -2.62. The number of nitrogens with one attached hydrogen (secondary N) is 1. The lowest BCUT2D eigenvalue weighted by atomic mass is 10.2. The number of carbonyl (C=O) groups excluding carboxylic acids is 2. The Kier molecular flexibility index (Phi) is 4.89. The van der Waals surface area contributed by atoms with E-state index in [9.17, 15) is 9.59 Å². The molecule has 0 fully saturated rings. The SMILES string of the molecule is O=C(COc1ccccc1)CC(=O)Nc1ccccc1. The van der Waals surface area contributed by atoms with Gasteiger partial charge in [-0.25, -0.2) is 0 Å². The number of amides is 1. The lowest BCUT2D eigenvalue weighted by Crippen LogP contribution is -2.20. The molecule has 0 radical (unpaired) electrons. The molecule has 0 bridgehead atoms. The van der Waals surface area contributed by atoms with E-state index in [4.69, 9.17) is 4.74 Å². The smallest absolute Gasteiger partial charge is 0.231 e. The van der Waals surface area contributed by atoms with Crippen molar-refractivity contribution in [3.8, 4) is 5.75 Å². The molecule has 0 unspecified atom stereocenters. The summed E-state index contributed by atoms with van der Waals surface area (Å²) in [7, 11) is 0. The maximum atomic E-state index is 11.6. The second-order valence-corrected chi connectivity index (χ2v) is 4.23. The van der Waals surface area contributed by atoms with Crippen molar-refractivity contribution in [3.63, 3.8) is 0 Å². The molecule has 2 aromatic rings. The predicted molar refractivity (Wildman–Crippen MR) is 76.6 cm³/mol. The minimum absolute atomic E-state index is 0.105. The summed E-state index contributed by atoms with van der Waals surface area (Å²) in [6, 6.07) is 18.0. The molecule has 1 N–H and O–H groups in total. The van der Waals surface area contributed by atoms with Crippen LogP contribution in [0, 0.1) is 0 Å². The van der Waals surface area contributed by atoms with Crippen LogP contribution in [0.1, 0.15) is 6.42 Å². The van der Waals surface area contributed by atoms with Crippen LogP contribution in [-0.2, 0) is 9.59 Å². The molecule has 20 heavy (non-hydrogen) atoms. The van der Waals surface area contributed by atoms with Crippen LogP contribution in [0.15, 0.2) is 60.7 Å². The Balaban J connectivity index is 1.75. The van der Waals surface area contributed by atoms with E-state index in [1.54, 1.807) is 24.3 Å². The van der Waals surface area contributed by atoms with Gasteiger partial charge in [0, 0.05) is 5.69 Å². The molecule has 102 valence electrons. The van der Waals surface area contributed by atoms with Gasteiger partial charge in [-0.1, -0.05) is 36.4 Å². The average molecular weight is 269 g/mol. The van der Waals surface area contributed by atoms with Crippen molar-refractivity contribution in [1.29, 1.82) is 0 Å². The highest BCUT2D eigenvalue weighted by Gasteiger charge is 2.10. The van der Waals surface area contributed by atoms with E-state index in [1.165, 1.54) is 0 Å². The van der Waals surface area contributed by atoms with Gasteiger partial charge in [0.15, 0.2) is 5.78 Å². The highest BCUT2D eigenvalue weighted by Crippen LogP contribution is 2.09. The van der Waals surface area contributed by atoms with Gasteiger partial charge in [0.05, 0.1) is 6.42 Å². The van der Waals surface area contributed by atoms with Crippen molar-refractivity contribution in [2.45, 2.75) is 6.42 Å². The molecule has 0 aliphatic heterocycles. The van der Waals surface area contributed by atoms with Gasteiger partial charge in [0.25, 0.3) is 0 Å². The largest absolute Gasteiger partial charge is 0.486 e. The van der Waals surface area contributed by atoms with E-state index >= 15 is 0 Å². The number of ketones is 1. The number of hydrogen-bond acceptors (Lipinski definition) is 3. The number of ether oxygens (including phenoxy) is 1. The van der Waals surface area contributed by atoms with Crippen LogP contribution in [0.5, 0.6) is 5.75 Å². The summed E-state index contributed by atoms with van der Waals surface area (Å²) in [6.07, 6.45) is -0.193. The standard InChI is InChI=1S/C16H15NO3/c18-14(12-20-15-9-5-2-6-10-15)11-16(19)17-13-7-3-1-4-8-13/h1-10H,11-12H2,(H,17,19). The van der Waals surface area contributed by atoms with Gasteiger partial charge in [0.1, 0.15) is 12.4 Å². The molecular weight excluding hydrogens is 254 g/mol. The molecule has 4 heteroatoms. The number of Topliss-reactive ketones (excluding diaryl/α,β-unsaturated/α-hetero) is 1. The first kappa shape index (κ1) is 13.8. The molecule has 0 saturated heterocycles. The van der Waals surface area contributed by atoms with Gasteiger partial charge in [-0.2, -0.15) is 0 Å². The highest BCUT2D eigenvalue weighted by molar-refractivity contribution is 6.04. The van der Waals surface area contributed by atoms with E-state index in [-0.39, 0.29) is 24.7 Å². The van der Waals surface area contributed by atoms with Crippen molar-refractivity contribution < 1.29 is 14.3 Å². The molecule has 0 heterocycles. The summed E-state index contributed by atoms with van der Waals surface area (Å²) in [5.74, 6) is 0.0180. The summed E-state index contributed by atoms with van der Waals surface area (Å²) in [5, 5.41) is 2.66. The molecular formula is C16H15NO3. The Morgan fingerprint density at radius 1 is 0.900 bits per heavy atom. The molecule has 0 aromatic heterocycles. The van der Waals surface area contributed by atoms with Crippen molar-refractivity contribution >= 4 is 17.4 Å². The third-order valence-electron chi connectivity index (χ3n) is 2.56. The lowest BCUT2D eigenvalue weighted by molar-refractivity contribution is -0.126. The van der Waals surface area contributed by atoms with Crippen LogP contribution in [0.3, 0.4) is 0 Å². The second-order valence-electron chi connectivity index (χ2n) is 4.23. The summed E-state index contributed by atoms with van der Waals surface area (Å²) in [5.41, 5.74) is 0.675. The van der Waals surface area contributed by atoms with Gasteiger partial charge in [-0.3, -0.25) is 9.59 Å². The van der Waals surface area contributed by atoms with E-state index in [0.29, 0.717) is 11.4 Å². The monoisotopic (exact) mass is 269 g/mol. The van der Waals surface area contributed by atoms with Crippen molar-refractivity contribution in [2.75, 3.05) is 11.9 Å². The van der Waals surface area contributed by atoms with Gasteiger partial charge in [-0.15, -0.1) is 0 Å². The quantitative estimate of drug-likeness (QED) is 0.820. The summed E-state index contributed by atoms with van der Waals surface area (Å²) < 4.78 is 5.29. The Morgan fingerprint density at radius 3 is 2.15 bits per heavy atom. The third-order valence-corrected chi connectivity index (χ3v) is 2.56. The van der Waals surface area contributed by atoms with Gasteiger partial charge < -0.3 is 10.1 Å². The molecule has 2 rings (SSSR count). The third kappa shape index (κ3) is 4.57. The van der Waals surface area contributed by atoms with E-state index in [0.717, 1.165) is 0 Å². The molecule has 0 aliphatic rings. The van der Waals surface area contributed by atoms with Gasteiger partial charge in [-0.05, 0) is 24.3 Å². The highest BCUT2D eigenvalue weighted by atomic mass is 16.5. The zero-order chi connectivity index (χ0) is 14.2. The average Bonchev–Trinajstić information content (AvgIpc) is 2.47. The van der Waals surface area contributed by atoms with Crippen LogP contribution in [0.25, 0.3) is 0 Å². The fourth-order valence-corrected chi connectivity index (χ4v) is 1.64. The van der Waals surface area contributed by atoms with Crippen molar-refractivity contribution in [3.05, 3.63) is 60.7 Å². The number of benzene rings is 2. The minimum Gasteiger partial charge on any atom is -0.486 e. The molecule has 0 atom stereocenters. The van der Waals surface area contributed by atoms with E-state index < -0.39 is 0 Å². The first-order valence-corrected chi connectivity index (χ1v) is 6.28. The van der Waals surface area contributed by atoms with Crippen LogP contribution < -0.4 is 10.1 Å². The summed E-state index contributed by atoms with van der Waals surface area (Å²) in [4.78, 5) is 23.3. The number of para-hydroxylation sites is 2. The Labute approximate surface area is 117 Å². The first-order valence-electron chi connectivity index (χ1n) is 6.28. The molecule has 0 saturated carbocycles. The zero-order valence-corrected chi connectivity index (χ0v) is 10.9. The molecule has 1 amide bonds. The summed E-state index contributed by atoms with van der Waals surface area (Å²) in [6.45, 7) is -0.105. The zero-order valence-electron chi connectivity index (χ0n) is 10.9. The topological polar surface area (TPSA) is 55.4 Å². The fraction of sp³-hybridized carbons (Fsp3) is 0.125. The Bertz CT molecular complexity index is 567.